The van der Waals surface area contributed by atoms with Crippen molar-refractivity contribution >= 4 is 12.3 Å². The minimum absolute atomic E-state index is 0.300. The molecule has 1 aliphatic heterocycles. The molecule has 0 aromatic heterocycles. The van der Waals surface area contributed by atoms with Crippen LogP contribution >= 0.6 is 0 Å². The van der Waals surface area contributed by atoms with Crippen LogP contribution in [0.25, 0.3) is 0 Å². The van der Waals surface area contributed by atoms with E-state index in [4.69, 9.17) is 4.74 Å². The summed E-state index contributed by atoms with van der Waals surface area (Å²) in [7, 11) is 0. The molecule has 1 heterocycles. The van der Waals surface area contributed by atoms with E-state index in [1.165, 1.54) is 11.0 Å². The second kappa shape index (κ2) is 6.24. The third kappa shape index (κ3) is 3.72. The topological polar surface area (TPSA) is 51.1 Å². The standard InChI is InChI=1S/C12H12F2N2O3/c13-10-2-1-9(7-11(10)14)8-15-19-12(17)16-3-5-18-6-4-16/h1-2,7-8H,3-6H2/b15-8+. The first-order valence-electron chi connectivity index (χ1n) is 5.69. The zero-order valence-corrected chi connectivity index (χ0v) is 10.0. The van der Waals surface area contributed by atoms with Gasteiger partial charge in [0.15, 0.2) is 11.6 Å². The molecule has 0 aliphatic carbocycles. The zero-order chi connectivity index (χ0) is 13.7. The average Bonchev–Trinajstić information content (AvgIpc) is 2.43. The molecule has 1 aromatic carbocycles. The van der Waals surface area contributed by atoms with E-state index >= 15 is 0 Å². The van der Waals surface area contributed by atoms with Crippen LogP contribution in [0.1, 0.15) is 5.56 Å². The molecule has 0 spiro atoms. The summed E-state index contributed by atoms with van der Waals surface area (Å²) >= 11 is 0. The van der Waals surface area contributed by atoms with E-state index in [1.807, 2.05) is 0 Å². The van der Waals surface area contributed by atoms with Gasteiger partial charge < -0.3 is 9.64 Å². The normalized spacial score (nSPS) is 15.8. The lowest BCUT2D eigenvalue weighted by atomic mass is 10.2. The maximum Gasteiger partial charge on any atom is 0.436 e. The molecule has 5 nitrogen and oxygen atoms in total. The van der Waals surface area contributed by atoms with Crippen LogP contribution < -0.4 is 0 Å². The molecule has 0 unspecified atom stereocenters. The van der Waals surface area contributed by atoms with Crippen molar-refractivity contribution in [3.05, 3.63) is 35.4 Å². The predicted molar refractivity (Wildman–Crippen MR) is 62.8 cm³/mol. The van der Waals surface area contributed by atoms with Gasteiger partial charge >= 0.3 is 6.09 Å². The summed E-state index contributed by atoms with van der Waals surface area (Å²) in [4.78, 5) is 17.6. The highest BCUT2D eigenvalue weighted by Gasteiger charge is 2.17. The van der Waals surface area contributed by atoms with E-state index in [1.54, 1.807) is 0 Å². The van der Waals surface area contributed by atoms with Crippen LogP contribution in [0.3, 0.4) is 0 Å². The number of rotatable bonds is 2. The Morgan fingerprint density at radius 2 is 2.05 bits per heavy atom. The third-order valence-corrected chi connectivity index (χ3v) is 2.55. The van der Waals surface area contributed by atoms with Gasteiger partial charge in [-0.25, -0.2) is 13.6 Å². The molecule has 19 heavy (non-hydrogen) atoms. The highest BCUT2D eigenvalue weighted by Crippen LogP contribution is 2.07. The maximum absolute atomic E-state index is 12.9. The summed E-state index contributed by atoms with van der Waals surface area (Å²) in [6.45, 7) is 1.81. The second-order valence-electron chi connectivity index (χ2n) is 3.86. The largest absolute Gasteiger partial charge is 0.436 e. The number of carbonyl (C=O) groups excluding carboxylic acids is 1. The van der Waals surface area contributed by atoms with Gasteiger partial charge in [0, 0.05) is 13.1 Å². The number of oxime groups is 1. The first kappa shape index (κ1) is 13.4. The van der Waals surface area contributed by atoms with E-state index in [-0.39, 0.29) is 0 Å². The minimum Gasteiger partial charge on any atom is -0.378 e. The number of carbonyl (C=O) groups is 1. The number of halogens is 2. The molecule has 1 saturated heterocycles. The number of ether oxygens (including phenoxy) is 1. The van der Waals surface area contributed by atoms with Crippen LogP contribution in [0.4, 0.5) is 13.6 Å². The van der Waals surface area contributed by atoms with Crippen molar-refractivity contribution in [2.45, 2.75) is 0 Å². The van der Waals surface area contributed by atoms with E-state index in [9.17, 15) is 13.6 Å². The van der Waals surface area contributed by atoms with E-state index in [0.717, 1.165) is 18.3 Å². The molecule has 2 rings (SSSR count). The fourth-order valence-corrected chi connectivity index (χ4v) is 1.53. The minimum atomic E-state index is -0.983. The van der Waals surface area contributed by atoms with Crippen molar-refractivity contribution in [1.29, 1.82) is 0 Å². The van der Waals surface area contributed by atoms with Gasteiger partial charge in [0.1, 0.15) is 0 Å². The zero-order valence-electron chi connectivity index (χ0n) is 10.0. The highest BCUT2D eigenvalue weighted by molar-refractivity contribution is 5.80. The van der Waals surface area contributed by atoms with Crippen LogP contribution in [-0.4, -0.2) is 43.5 Å². The Morgan fingerprint density at radius 1 is 1.32 bits per heavy atom. The van der Waals surface area contributed by atoms with Gasteiger partial charge in [-0.3, -0.25) is 4.84 Å². The number of morpholine rings is 1. The molecule has 1 amide bonds. The molecule has 1 fully saturated rings. The number of amides is 1. The van der Waals surface area contributed by atoms with Gasteiger partial charge in [-0.15, -0.1) is 0 Å². The smallest absolute Gasteiger partial charge is 0.378 e. The fourth-order valence-electron chi connectivity index (χ4n) is 1.53. The number of hydrogen-bond donors (Lipinski definition) is 0. The van der Waals surface area contributed by atoms with Gasteiger partial charge in [0.25, 0.3) is 0 Å². The summed E-state index contributed by atoms with van der Waals surface area (Å²) in [6.07, 6.45) is 0.545. The summed E-state index contributed by atoms with van der Waals surface area (Å²) in [5.74, 6) is -1.93. The Morgan fingerprint density at radius 3 is 2.74 bits per heavy atom. The summed E-state index contributed by atoms with van der Waals surface area (Å²) in [5.41, 5.74) is 0.300. The molecular formula is C12H12F2N2O3. The van der Waals surface area contributed by atoms with E-state index in [0.29, 0.717) is 31.9 Å². The van der Waals surface area contributed by atoms with Gasteiger partial charge in [0.2, 0.25) is 0 Å². The molecule has 0 N–H and O–H groups in total. The summed E-state index contributed by atoms with van der Waals surface area (Å²) in [5, 5.41) is 3.44. The van der Waals surface area contributed by atoms with Crippen LogP contribution in [0.2, 0.25) is 0 Å². The quantitative estimate of drug-likeness (QED) is 0.467. The Kier molecular flexibility index (Phi) is 4.40. The average molecular weight is 270 g/mol. The van der Waals surface area contributed by atoms with Gasteiger partial charge in [-0.2, -0.15) is 0 Å². The number of benzene rings is 1. The van der Waals surface area contributed by atoms with E-state index < -0.39 is 17.7 Å². The van der Waals surface area contributed by atoms with Crippen molar-refractivity contribution in [3.8, 4) is 0 Å². The Bertz CT molecular complexity index is 488. The third-order valence-electron chi connectivity index (χ3n) is 2.55. The highest BCUT2D eigenvalue weighted by atomic mass is 19.2. The monoisotopic (exact) mass is 270 g/mol. The van der Waals surface area contributed by atoms with Crippen molar-refractivity contribution in [3.63, 3.8) is 0 Å². The summed E-state index contributed by atoms with van der Waals surface area (Å²) < 4.78 is 30.6. The van der Waals surface area contributed by atoms with Crippen molar-refractivity contribution in [2.75, 3.05) is 26.3 Å². The first-order chi connectivity index (χ1) is 9.16. The van der Waals surface area contributed by atoms with Crippen molar-refractivity contribution in [1.82, 2.24) is 4.90 Å². The number of hydrogen-bond acceptors (Lipinski definition) is 4. The SMILES string of the molecule is O=C(O/N=C/c1ccc(F)c(F)c1)N1CCOCC1. The van der Waals surface area contributed by atoms with Gasteiger partial charge in [0.05, 0.1) is 19.4 Å². The molecule has 7 heteroatoms. The predicted octanol–water partition coefficient (Wildman–Crippen LogP) is 1.77. The molecule has 0 atom stereocenters. The van der Waals surface area contributed by atoms with Crippen molar-refractivity contribution in [2.24, 2.45) is 5.16 Å². The lowest BCUT2D eigenvalue weighted by molar-refractivity contribution is 0.0281. The summed E-state index contributed by atoms with van der Waals surface area (Å²) in [6, 6.07) is 3.26. The van der Waals surface area contributed by atoms with Gasteiger partial charge in [-0.05, 0) is 17.7 Å². The fraction of sp³-hybridized carbons (Fsp3) is 0.333. The van der Waals surface area contributed by atoms with Crippen LogP contribution in [0.5, 0.6) is 0 Å². The Labute approximate surface area is 108 Å². The lowest BCUT2D eigenvalue weighted by Gasteiger charge is -2.24. The molecular weight excluding hydrogens is 258 g/mol. The maximum atomic E-state index is 12.9. The molecule has 1 aromatic rings. The second-order valence-corrected chi connectivity index (χ2v) is 3.86. The molecule has 0 radical (unpaired) electrons. The first-order valence-corrected chi connectivity index (χ1v) is 5.69. The van der Waals surface area contributed by atoms with E-state index in [2.05, 4.69) is 9.99 Å². The van der Waals surface area contributed by atoms with Crippen LogP contribution in [-0.2, 0) is 9.57 Å². The van der Waals surface area contributed by atoms with Crippen LogP contribution in [0, 0.1) is 11.6 Å². The Hall–Kier alpha value is -2.02. The Balaban J connectivity index is 1.88. The molecule has 102 valence electrons. The molecule has 1 aliphatic rings. The van der Waals surface area contributed by atoms with Crippen LogP contribution in [0.15, 0.2) is 23.4 Å². The molecule has 0 saturated carbocycles. The lowest BCUT2D eigenvalue weighted by Crippen LogP contribution is -2.40. The molecule has 0 bridgehead atoms. The van der Waals surface area contributed by atoms with Crippen molar-refractivity contribution < 1.29 is 23.1 Å². The number of nitrogens with zero attached hydrogens (tertiary/aromatic N) is 2. The van der Waals surface area contributed by atoms with Gasteiger partial charge in [-0.1, -0.05) is 11.2 Å².